The number of anilines is 1. The largest absolute Gasteiger partial charge is 0.459 e. The van der Waals surface area contributed by atoms with Crippen LogP contribution in [0, 0.1) is 5.92 Å². The van der Waals surface area contributed by atoms with Gasteiger partial charge in [-0.15, -0.1) is 5.10 Å². The van der Waals surface area contributed by atoms with Gasteiger partial charge in [-0.25, -0.2) is 9.50 Å². The van der Waals surface area contributed by atoms with Crippen molar-refractivity contribution in [2.24, 2.45) is 5.92 Å². The minimum atomic E-state index is -3.05. The number of aromatic nitrogens is 4. The fourth-order valence-electron chi connectivity index (χ4n) is 3.20. The number of nitrogens with two attached hydrogens (primary N) is 1. The van der Waals surface area contributed by atoms with Crippen LogP contribution in [-0.2, 0) is 5.92 Å². The minimum Gasteiger partial charge on any atom is -0.459 e. The average Bonchev–Trinajstić information content (AvgIpc) is 3.01. The van der Waals surface area contributed by atoms with Gasteiger partial charge in [0.1, 0.15) is 5.69 Å². The van der Waals surface area contributed by atoms with E-state index < -0.39 is 11.8 Å². The molecule has 3 N–H and O–H groups in total. The first-order chi connectivity index (χ1) is 11.9. The van der Waals surface area contributed by atoms with Crippen molar-refractivity contribution < 1.29 is 13.5 Å². The number of alkyl halides is 2. The van der Waals surface area contributed by atoms with Crippen LogP contribution in [-0.4, -0.2) is 38.8 Å². The van der Waals surface area contributed by atoms with Crippen molar-refractivity contribution in [1.82, 2.24) is 24.9 Å². The summed E-state index contributed by atoms with van der Waals surface area (Å²) in [6, 6.07) is -0.00805. The topological polar surface area (TPSA) is 90.4 Å². The summed E-state index contributed by atoms with van der Waals surface area (Å²) in [6.45, 7) is 5.07. The SMILES string of the molecule is CCC[C@H](C)Oc1nc(N)c2ncc(C(F)(F)C3CCNCC3)n2n1. The van der Waals surface area contributed by atoms with Crippen molar-refractivity contribution in [1.29, 1.82) is 0 Å². The second-order valence-corrected chi connectivity index (χ2v) is 6.52. The molecule has 25 heavy (non-hydrogen) atoms. The third kappa shape index (κ3) is 3.51. The minimum absolute atomic E-state index is 0.00805. The predicted octanol–water partition coefficient (Wildman–Crippen LogP) is 2.37. The van der Waals surface area contributed by atoms with Crippen LogP contribution in [0.3, 0.4) is 0 Å². The molecule has 0 spiro atoms. The van der Waals surface area contributed by atoms with Crippen LogP contribution >= 0.6 is 0 Å². The summed E-state index contributed by atoms with van der Waals surface area (Å²) in [7, 11) is 0. The fourth-order valence-corrected chi connectivity index (χ4v) is 3.20. The monoisotopic (exact) mass is 354 g/mol. The van der Waals surface area contributed by atoms with E-state index in [0.29, 0.717) is 25.9 Å². The third-order valence-corrected chi connectivity index (χ3v) is 4.56. The van der Waals surface area contributed by atoms with E-state index >= 15 is 8.78 Å². The molecule has 0 unspecified atom stereocenters. The summed E-state index contributed by atoms with van der Waals surface area (Å²) in [6.07, 6.45) is 3.56. The molecule has 2 aromatic rings. The quantitative estimate of drug-likeness (QED) is 0.828. The van der Waals surface area contributed by atoms with Crippen molar-refractivity contribution in [3.63, 3.8) is 0 Å². The molecule has 1 saturated heterocycles. The molecule has 0 bridgehead atoms. The highest BCUT2D eigenvalue weighted by Gasteiger charge is 2.44. The predicted molar refractivity (Wildman–Crippen MR) is 89.7 cm³/mol. The number of ether oxygens (including phenoxy) is 1. The number of fused-ring (bicyclic) bond motifs is 1. The Morgan fingerprint density at radius 1 is 1.44 bits per heavy atom. The Kier molecular flexibility index (Phi) is 5.03. The highest BCUT2D eigenvalue weighted by Crippen LogP contribution is 2.40. The van der Waals surface area contributed by atoms with Gasteiger partial charge in [0.25, 0.3) is 5.92 Å². The lowest BCUT2D eigenvalue weighted by molar-refractivity contribution is -0.0805. The number of piperidine rings is 1. The Morgan fingerprint density at radius 2 is 2.16 bits per heavy atom. The first kappa shape index (κ1) is 17.8. The van der Waals surface area contributed by atoms with Gasteiger partial charge in [-0.1, -0.05) is 13.3 Å². The van der Waals surface area contributed by atoms with Gasteiger partial charge in [0, 0.05) is 5.92 Å². The lowest BCUT2D eigenvalue weighted by Gasteiger charge is -2.29. The summed E-state index contributed by atoms with van der Waals surface area (Å²) in [4.78, 5) is 8.04. The van der Waals surface area contributed by atoms with Gasteiger partial charge in [0.15, 0.2) is 11.5 Å². The van der Waals surface area contributed by atoms with E-state index in [1.807, 2.05) is 13.8 Å². The van der Waals surface area contributed by atoms with Gasteiger partial charge in [0.2, 0.25) is 0 Å². The molecule has 3 rings (SSSR count). The Morgan fingerprint density at radius 3 is 2.84 bits per heavy atom. The number of nitrogens with one attached hydrogen (secondary N) is 1. The van der Waals surface area contributed by atoms with Gasteiger partial charge >= 0.3 is 6.01 Å². The maximum Gasteiger partial charge on any atom is 0.336 e. The number of hydrogen-bond acceptors (Lipinski definition) is 6. The zero-order chi connectivity index (χ0) is 18.0. The number of nitrogen functional groups attached to an aromatic ring is 1. The van der Waals surface area contributed by atoms with Crippen LogP contribution < -0.4 is 15.8 Å². The maximum absolute atomic E-state index is 15.0. The molecular weight excluding hydrogens is 330 g/mol. The summed E-state index contributed by atoms with van der Waals surface area (Å²) in [5.41, 5.74) is 5.73. The zero-order valence-corrected chi connectivity index (χ0v) is 14.5. The number of hydrogen-bond donors (Lipinski definition) is 2. The zero-order valence-electron chi connectivity index (χ0n) is 14.5. The van der Waals surface area contributed by atoms with Gasteiger partial charge < -0.3 is 15.8 Å². The molecule has 9 heteroatoms. The van der Waals surface area contributed by atoms with Gasteiger partial charge in [0.05, 0.1) is 12.3 Å². The Hall–Kier alpha value is -2.03. The normalized spacial score (nSPS) is 17.8. The molecule has 0 aliphatic carbocycles. The van der Waals surface area contributed by atoms with Crippen LogP contribution in [0.5, 0.6) is 6.01 Å². The maximum atomic E-state index is 15.0. The first-order valence-corrected chi connectivity index (χ1v) is 8.70. The Balaban J connectivity index is 1.97. The van der Waals surface area contributed by atoms with Gasteiger partial charge in [-0.2, -0.15) is 13.8 Å². The third-order valence-electron chi connectivity index (χ3n) is 4.56. The van der Waals surface area contributed by atoms with Crippen LogP contribution in [0.2, 0.25) is 0 Å². The molecule has 3 heterocycles. The smallest absolute Gasteiger partial charge is 0.336 e. The fraction of sp³-hybridized carbons (Fsp3) is 0.688. The van der Waals surface area contributed by atoms with E-state index in [4.69, 9.17) is 10.5 Å². The van der Waals surface area contributed by atoms with Crippen molar-refractivity contribution in [3.05, 3.63) is 11.9 Å². The molecule has 1 fully saturated rings. The van der Waals surface area contributed by atoms with E-state index in [1.54, 1.807) is 0 Å². The number of imidazole rings is 1. The summed E-state index contributed by atoms with van der Waals surface area (Å²) in [5, 5.41) is 7.22. The van der Waals surface area contributed by atoms with Crippen molar-refractivity contribution in [3.8, 4) is 6.01 Å². The number of halogens is 2. The summed E-state index contributed by atoms with van der Waals surface area (Å²) in [5.74, 6) is -3.77. The van der Waals surface area contributed by atoms with Gasteiger partial charge in [-0.05, 0) is 39.3 Å². The average molecular weight is 354 g/mol. The summed E-state index contributed by atoms with van der Waals surface area (Å²) < 4.78 is 36.7. The van der Waals surface area contributed by atoms with Gasteiger partial charge in [-0.3, -0.25) is 0 Å². The molecule has 1 aliphatic rings. The molecule has 1 aliphatic heterocycles. The van der Waals surface area contributed by atoms with Crippen LogP contribution in [0.4, 0.5) is 14.6 Å². The second kappa shape index (κ2) is 7.07. The molecule has 2 aromatic heterocycles. The molecule has 0 radical (unpaired) electrons. The molecular formula is C16H24F2N6O. The molecule has 1 atom stereocenters. The molecule has 138 valence electrons. The van der Waals surface area contributed by atoms with E-state index in [2.05, 4.69) is 20.4 Å². The summed E-state index contributed by atoms with van der Waals surface area (Å²) >= 11 is 0. The van der Waals surface area contributed by atoms with Crippen molar-refractivity contribution >= 4 is 11.5 Å². The van der Waals surface area contributed by atoms with E-state index in [9.17, 15) is 0 Å². The first-order valence-electron chi connectivity index (χ1n) is 8.70. The van der Waals surface area contributed by atoms with Crippen LogP contribution in [0.15, 0.2) is 6.20 Å². The highest BCUT2D eigenvalue weighted by atomic mass is 19.3. The molecule has 7 nitrogen and oxygen atoms in total. The molecule has 0 saturated carbocycles. The van der Waals surface area contributed by atoms with Crippen LogP contribution in [0.25, 0.3) is 5.65 Å². The lowest BCUT2D eigenvalue weighted by atomic mass is 9.90. The van der Waals surface area contributed by atoms with E-state index in [1.165, 1.54) is 0 Å². The van der Waals surface area contributed by atoms with Crippen LogP contribution in [0.1, 0.15) is 45.2 Å². The Bertz CT molecular complexity index is 729. The standard InChI is InChI=1S/C16H24F2N6O/c1-3-4-10(2)25-15-22-13(19)14-21-9-12(24(14)23-15)16(17,18)11-5-7-20-8-6-11/h9-11,20H,3-8H2,1-2H3,(H2,19,22,23)/t10-/m0/s1. The van der Waals surface area contributed by atoms with E-state index in [0.717, 1.165) is 23.6 Å². The molecule has 0 aromatic carbocycles. The van der Waals surface area contributed by atoms with E-state index in [-0.39, 0.29) is 29.3 Å². The highest BCUT2D eigenvalue weighted by molar-refractivity contribution is 5.59. The van der Waals surface area contributed by atoms with Crippen molar-refractivity contribution in [2.75, 3.05) is 18.8 Å². The second-order valence-electron chi connectivity index (χ2n) is 6.52. The lowest BCUT2D eigenvalue weighted by Crippen LogP contribution is -2.37. The number of nitrogens with zero attached hydrogens (tertiary/aromatic N) is 4. The van der Waals surface area contributed by atoms with Crippen molar-refractivity contribution in [2.45, 2.75) is 51.6 Å². The Labute approximate surface area is 145 Å². The number of rotatable bonds is 6. The molecule has 0 amide bonds.